The van der Waals surface area contributed by atoms with Crippen LogP contribution in [0.4, 0.5) is 0 Å². The van der Waals surface area contributed by atoms with Crippen molar-refractivity contribution in [1.29, 1.82) is 0 Å². The van der Waals surface area contributed by atoms with Crippen LogP contribution in [-0.4, -0.2) is 11.9 Å². The topological polar surface area (TPSA) is 29.1 Å². The van der Waals surface area contributed by atoms with Gasteiger partial charge in [-0.2, -0.15) is 0 Å². The predicted molar refractivity (Wildman–Crippen MR) is 70.4 cm³/mol. The Bertz CT molecular complexity index is 197. The van der Waals surface area contributed by atoms with E-state index in [0.717, 1.165) is 18.8 Å². The number of hydrogen-bond donors (Lipinski definition) is 1. The van der Waals surface area contributed by atoms with E-state index in [1.807, 2.05) is 13.8 Å². The molecule has 96 valence electrons. The monoisotopic (exact) mass is 227 g/mol. The van der Waals surface area contributed by atoms with Crippen LogP contribution in [0.15, 0.2) is 0 Å². The van der Waals surface area contributed by atoms with Crippen LogP contribution in [0.2, 0.25) is 0 Å². The van der Waals surface area contributed by atoms with Gasteiger partial charge >= 0.3 is 0 Å². The maximum atomic E-state index is 10.9. The van der Waals surface area contributed by atoms with Crippen molar-refractivity contribution in [2.75, 3.05) is 0 Å². The standard InChI is InChI=1S/C12H23NO.C2H6/c1-9(14)13-11-7-5-10(6-8-11)12(2,3)4;1-2/h10-11H,5-8H2,1-4H3,(H,13,14);1-2H3. The lowest BCUT2D eigenvalue weighted by Gasteiger charge is -2.37. The molecule has 0 atom stereocenters. The van der Waals surface area contributed by atoms with Gasteiger partial charge in [-0.15, -0.1) is 0 Å². The van der Waals surface area contributed by atoms with E-state index >= 15 is 0 Å². The lowest BCUT2D eigenvalue weighted by atomic mass is 9.71. The van der Waals surface area contributed by atoms with Gasteiger partial charge < -0.3 is 5.32 Å². The highest BCUT2D eigenvalue weighted by molar-refractivity contribution is 5.73. The summed E-state index contributed by atoms with van der Waals surface area (Å²) >= 11 is 0. The second kappa shape index (κ2) is 6.93. The van der Waals surface area contributed by atoms with Crippen LogP contribution in [0.5, 0.6) is 0 Å². The van der Waals surface area contributed by atoms with Crippen molar-refractivity contribution in [3.05, 3.63) is 0 Å². The van der Waals surface area contributed by atoms with Crippen LogP contribution in [-0.2, 0) is 4.79 Å². The Balaban J connectivity index is 0.00000106. The first-order chi connectivity index (χ1) is 7.39. The molecule has 1 fully saturated rings. The molecule has 0 bridgehead atoms. The van der Waals surface area contributed by atoms with E-state index in [9.17, 15) is 4.79 Å². The fourth-order valence-electron chi connectivity index (χ4n) is 2.39. The van der Waals surface area contributed by atoms with Crippen LogP contribution in [0.3, 0.4) is 0 Å². The molecule has 1 amide bonds. The molecule has 0 radical (unpaired) electrons. The van der Waals surface area contributed by atoms with Crippen molar-refractivity contribution in [2.45, 2.75) is 73.3 Å². The third kappa shape index (κ3) is 5.53. The second-order valence-corrected chi connectivity index (χ2v) is 5.62. The average Bonchev–Trinajstić information content (AvgIpc) is 2.19. The second-order valence-electron chi connectivity index (χ2n) is 5.62. The first-order valence-corrected chi connectivity index (χ1v) is 6.66. The lowest BCUT2D eigenvalue weighted by Crippen LogP contribution is -2.38. The van der Waals surface area contributed by atoms with Crippen molar-refractivity contribution in [3.8, 4) is 0 Å². The van der Waals surface area contributed by atoms with Gasteiger partial charge in [0.1, 0.15) is 0 Å². The largest absolute Gasteiger partial charge is 0.354 e. The Kier molecular flexibility index (Phi) is 6.70. The molecule has 2 heteroatoms. The van der Waals surface area contributed by atoms with Gasteiger partial charge in [0, 0.05) is 13.0 Å². The minimum absolute atomic E-state index is 0.115. The summed E-state index contributed by atoms with van der Waals surface area (Å²) in [6.45, 7) is 12.6. The molecule has 1 aliphatic rings. The summed E-state index contributed by atoms with van der Waals surface area (Å²) in [6, 6.07) is 0.436. The third-order valence-electron chi connectivity index (χ3n) is 3.36. The minimum atomic E-state index is 0.115. The van der Waals surface area contributed by atoms with Crippen LogP contribution < -0.4 is 5.32 Å². The molecule has 1 rings (SSSR count). The molecule has 2 nitrogen and oxygen atoms in total. The molecule has 1 saturated carbocycles. The van der Waals surface area contributed by atoms with Crippen LogP contribution in [0.25, 0.3) is 0 Å². The molecule has 1 N–H and O–H groups in total. The van der Waals surface area contributed by atoms with Crippen LogP contribution in [0.1, 0.15) is 67.2 Å². The summed E-state index contributed by atoms with van der Waals surface area (Å²) in [5.41, 5.74) is 0.432. The Morgan fingerprint density at radius 1 is 1.06 bits per heavy atom. The van der Waals surface area contributed by atoms with E-state index in [1.165, 1.54) is 12.8 Å². The molecule has 0 aliphatic heterocycles. The highest BCUT2D eigenvalue weighted by Gasteiger charge is 2.29. The van der Waals surface area contributed by atoms with E-state index in [1.54, 1.807) is 6.92 Å². The van der Waals surface area contributed by atoms with E-state index in [4.69, 9.17) is 0 Å². The molecule has 1 aliphatic carbocycles. The maximum absolute atomic E-state index is 10.9. The molecule has 0 heterocycles. The van der Waals surface area contributed by atoms with Crippen molar-refractivity contribution in [2.24, 2.45) is 11.3 Å². The van der Waals surface area contributed by atoms with Crippen molar-refractivity contribution < 1.29 is 4.79 Å². The first kappa shape index (κ1) is 15.5. The highest BCUT2D eigenvalue weighted by Crippen LogP contribution is 2.37. The average molecular weight is 227 g/mol. The van der Waals surface area contributed by atoms with Gasteiger partial charge in [0.15, 0.2) is 0 Å². The van der Waals surface area contributed by atoms with E-state index < -0.39 is 0 Å². The van der Waals surface area contributed by atoms with Crippen molar-refractivity contribution in [1.82, 2.24) is 5.32 Å². The molecule has 0 aromatic heterocycles. The summed E-state index contributed by atoms with van der Waals surface area (Å²) in [4.78, 5) is 10.9. The first-order valence-electron chi connectivity index (χ1n) is 6.66. The fraction of sp³-hybridized carbons (Fsp3) is 0.929. The van der Waals surface area contributed by atoms with E-state index in [0.29, 0.717) is 11.5 Å². The molecule has 0 aromatic carbocycles. The quantitative estimate of drug-likeness (QED) is 0.726. The van der Waals surface area contributed by atoms with E-state index in [2.05, 4.69) is 26.1 Å². The van der Waals surface area contributed by atoms with Gasteiger partial charge in [0.25, 0.3) is 0 Å². The number of rotatable bonds is 1. The van der Waals surface area contributed by atoms with E-state index in [-0.39, 0.29) is 5.91 Å². The van der Waals surface area contributed by atoms with Gasteiger partial charge in [-0.3, -0.25) is 4.79 Å². The van der Waals surface area contributed by atoms with Gasteiger partial charge in [-0.1, -0.05) is 34.6 Å². The molecule has 0 spiro atoms. The molecule has 16 heavy (non-hydrogen) atoms. The number of hydrogen-bond acceptors (Lipinski definition) is 1. The Labute approximate surface area is 101 Å². The summed E-state index contributed by atoms with van der Waals surface area (Å²) in [5, 5.41) is 3.01. The van der Waals surface area contributed by atoms with Gasteiger partial charge in [-0.25, -0.2) is 0 Å². The zero-order valence-electron chi connectivity index (χ0n) is 11.9. The van der Waals surface area contributed by atoms with Crippen LogP contribution >= 0.6 is 0 Å². The number of nitrogens with one attached hydrogen (secondary N) is 1. The van der Waals surface area contributed by atoms with Crippen molar-refractivity contribution >= 4 is 5.91 Å². The van der Waals surface area contributed by atoms with Crippen molar-refractivity contribution in [3.63, 3.8) is 0 Å². The van der Waals surface area contributed by atoms with Gasteiger partial charge in [0.05, 0.1) is 0 Å². The number of amides is 1. The fourth-order valence-corrected chi connectivity index (χ4v) is 2.39. The molecular formula is C14H29NO. The summed E-state index contributed by atoms with van der Waals surface area (Å²) < 4.78 is 0. The Hall–Kier alpha value is -0.530. The minimum Gasteiger partial charge on any atom is -0.354 e. The third-order valence-corrected chi connectivity index (χ3v) is 3.36. The smallest absolute Gasteiger partial charge is 0.217 e. The zero-order valence-corrected chi connectivity index (χ0v) is 11.9. The zero-order chi connectivity index (χ0) is 12.8. The molecule has 0 aromatic rings. The van der Waals surface area contributed by atoms with Gasteiger partial charge in [-0.05, 0) is 37.0 Å². The molecular weight excluding hydrogens is 198 g/mol. The predicted octanol–water partition coefficient (Wildman–Crippen LogP) is 3.75. The molecule has 0 unspecified atom stereocenters. The number of carbonyl (C=O) groups is 1. The Morgan fingerprint density at radius 3 is 1.81 bits per heavy atom. The maximum Gasteiger partial charge on any atom is 0.217 e. The number of carbonyl (C=O) groups excluding carboxylic acids is 1. The summed E-state index contributed by atoms with van der Waals surface area (Å²) in [6.07, 6.45) is 4.83. The summed E-state index contributed by atoms with van der Waals surface area (Å²) in [5.74, 6) is 0.941. The van der Waals surface area contributed by atoms with Crippen LogP contribution in [0, 0.1) is 11.3 Å². The SMILES string of the molecule is CC.CC(=O)NC1CCC(C(C)(C)C)CC1. The normalized spacial score (nSPS) is 25.4. The Morgan fingerprint density at radius 2 is 1.50 bits per heavy atom. The lowest BCUT2D eigenvalue weighted by molar-refractivity contribution is -0.119. The van der Waals surface area contributed by atoms with Gasteiger partial charge in [0.2, 0.25) is 5.91 Å². The highest BCUT2D eigenvalue weighted by atomic mass is 16.1. The molecule has 0 saturated heterocycles. The summed E-state index contributed by atoms with van der Waals surface area (Å²) in [7, 11) is 0.